The van der Waals surface area contributed by atoms with E-state index in [9.17, 15) is 15.1 Å². The number of nitrogens with two attached hydrogens (primary N) is 1. The molecule has 2 aromatic rings. The van der Waals surface area contributed by atoms with Crippen molar-refractivity contribution in [1.82, 2.24) is 9.78 Å². The van der Waals surface area contributed by atoms with Crippen LogP contribution in [0.2, 0.25) is 5.02 Å². The summed E-state index contributed by atoms with van der Waals surface area (Å²) < 4.78 is 12.3. The van der Waals surface area contributed by atoms with Crippen LogP contribution >= 0.6 is 11.6 Å². The minimum Gasteiger partial charge on any atom is -0.531 e. The standard InChI is InChI=1S/C18H17BClN5O4/c20-14-6-12(5-10-1-3-19(27)29-16(10)14)23-18-13(17(22)26)8-25(24-18)15-9-28-4-2-11(15)7-21/h1,3,5-6,8,11,15,27H,2,4,9H2,(H2,22,26)(H,23,24). The number of fused-ring (bicyclic) bond motifs is 1. The molecule has 11 heteroatoms. The first-order valence-electron chi connectivity index (χ1n) is 8.96. The Balaban J connectivity index is 1.67. The third kappa shape index (κ3) is 3.80. The van der Waals surface area contributed by atoms with Crippen LogP contribution < -0.4 is 15.7 Å². The Morgan fingerprint density at radius 2 is 2.34 bits per heavy atom. The maximum Gasteiger partial charge on any atom is 0.552 e. The van der Waals surface area contributed by atoms with E-state index in [1.54, 1.807) is 22.9 Å². The topological polar surface area (TPSA) is 135 Å². The number of carbonyl (C=O) groups is 1. The molecule has 1 amide bonds. The van der Waals surface area contributed by atoms with Gasteiger partial charge >= 0.3 is 7.12 Å². The molecular weight excluding hydrogens is 396 g/mol. The highest BCUT2D eigenvalue weighted by atomic mass is 35.5. The number of carbonyl (C=O) groups excluding carboxylic acids is 1. The molecule has 0 aliphatic carbocycles. The van der Waals surface area contributed by atoms with Gasteiger partial charge in [0.05, 0.1) is 29.7 Å². The van der Waals surface area contributed by atoms with Crippen molar-refractivity contribution in [2.45, 2.75) is 12.5 Å². The van der Waals surface area contributed by atoms with Crippen LogP contribution in [0, 0.1) is 17.2 Å². The number of hydrogen-bond acceptors (Lipinski definition) is 7. The van der Waals surface area contributed by atoms with Crippen molar-refractivity contribution in [2.75, 3.05) is 18.5 Å². The Morgan fingerprint density at radius 1 is 1.52 bits per heavy atom. The molecule has 4 rings (SSSR count). The van der Waals surface area contributed by atoms with Crippen molar-refractivity contribution in [1.29, 1.82) is 5.26 Å². The summed E-state index contributed by atoms with van der Waals surface area (Å²) in [6.45, 7) is 0.842. The molecule has 0 spiro atoms. The first-order chi connectivity index (χ1) is 14.0. The van der Waals surface area contributed by atoms with Gasteiger partial charge < -0.3 is 25.5 Å². The molecule has 0 bridgehead atoms. The quantitative estimate of drug-likeness (QED) is 0.651. The van der Waals surface area contributed by atoms with Crippen molar-refractivity contribution >= 4 is 42.2 Å². The number of nitrogens with zero attached hydrogens (tertiary/aromatic N) is 3. The molecular formula is C18H17BClN5O4. The van der Waals surface area contributed by atoms with Gasteiger partial charge in [-0.25, -0.2) is 0 Å². The highest BCUT2D eigenvalue weighted by Gasteiger charge is 2.30. The molecule has 1 fully saturated rings. The summed E-state index contributed by atoms with van der Waals surface area (Å²) in [4.78, 5) is 11.9. The first kappa shape index (κ1) is 19.3. The molecule has 2 aliphatic heterocycles. The number of ether oxygens (including phenoxy) is 1. The molecule has 9 nitrogen and oxygen atoms in total. The first-order valence-corrected chi connectivity index (χ1v) is 9.34. The zero-order valence-corrected chi connectivity index (χ0v) is 16.0. The summed E-state index contributed by atoms with van der Waals surface area (Å²) in [5.74, 6) is 1.17. The summed E-state index contributed by atoms with van der Waals surface area (Å²) in [5, 5.41) is 26.8. The van der Waals surface area contributed by atoms with Gasteiger partial charge in [0.25, 0.3) is 5.91 Å². The van der Waals surface area contributed by atoms with E-state index in [1.165, 1.54) is 12.2 Å². The molecule has 29 heavy (non-hydrogen) atoms. The van der Waals surface area contributed by atoms with Crippen LogP contribution in [-0.2, 0) is 4.74 Å². The summed E-state index contributed by atoms with van der Waals surface area (Å²) in [5.41, 5.74) is 6.93. The van der Waals surface area contributed by atoms with Gasteiger partial charge in [-0.2, -0.15) is 10.4 Å². The van der Waals surface area contributed by atoms with Gasteiger partial charge in [-0.3, -0.25) is 9.48 Å². The molecule has 1 aromatic heterocycles. The number of amides is 1. The summed E-state index contributed by atoms with van der Waals surface area (Å²) in [7, 11) is -1.05. The predicted octanol–water partition coefficient (Wildman–Crippen LogP) is 1.91. The number of hydrogen-bond donors (Lipinski definition) is 3. The summed E-state index contributed by atoms with van der Waals surface area (Å²) in [6.07, 6.45) is 3.80. The Bertz CT molecular complexity index is 1030. The van der Waals surface area contributed by atoms with Gasteiger partial charge in [0.2, 0.25) is 0 Å². The van der Waals surface area contributed by atoms with Crippen LogP contribution in [0.3, 0.4) is 0 Å². The molecule has 4 N–H and O–H groups in total. The third-order valence-corrected chi connectivity index (χ3v) is 5.12. The number of halogens is 1. The highest BCUT2D eigenvalue weighted by Crippen LogP contribution is 2.37. The average molecular weight is 414 g/mol. The molecule has 148 valence electrons. The third-order valence-electron chi connectivity index (χ3n) is 4.84. The zero-order valence-electron chi connectivity index (χ0n) is 15.2. The highest BCUT2D eigenvalue weighted by molar-refractivity contribution is 6.52. The van der Waals surface area contributed by atoms with Gasteiger partial charge in [0, 0.05) is 24.1 Å². The van der Waals surface area contributed by atoms with E-state index in [0.29, 0.717) is 41.7 Å². The lowest BCUT2D eigenvalue weighted by Gasteiger charge is -2.26. The van der Waals surface area contributed by atoms with Crippen LogP contribution in [0.4, 0.5) is 11.5 Å². The van der Waals surface area contributed by atoms with Gasteiger partial charge in [0.1, 0.15) is 11.3 Å². The number of primary amides is 1. The summed E-state index contributed by atoms with van der Waals surface area (Å²) in [6, 6.07) is 5.30. The number of anilines is 2. The van der Waals surface area contributed by atoms with E-state index in [1.807, 2.05) is 0 Å². The predicted molar refractivity (Wildman–Crippen MR) is 107 cm³/mol. The maximum atomic E-state index is 11.9. The van der Waals surface area contributed by atoms with Crippen LogP contribution in [0.1, 0.15) is 28.4 Å². The minimum atomic E-state index is -1.05. The lowest BCUT2D eigenvalue weighted by atomic mass is 9.86. The normalized spacial score (nSPS) is 20.5. The molecule has 1 aromatic carbocycles. The summed E-state index contributed by atoms with van der Waals surface area (Å²) >= 11 is 6.27. The lowest BCUT2D eigenvalue weighted by molar-refractivity contribution is 0.0342. The van der Waals surface area contributed by atoms with Crippen LogP contribution in [0.5, 0.6) is 5.75 Å². The monoisotopic (exact) mass is 413 g/mol. The Labute approximate surface area is 171 Å². The number of aromatic nitrogens is 2. The van der Waals surface area contributed by atoms with Crippen molar-refractivity contribution in [3.8, 4) is 11.8 Å². The fourth-order valence-corrected chi connectivity index (χ4v) is 3.66. The second-order valence-electron chi connectivity index (χ2n) is 6.77. The molecule has 0 radical (unpaired) electrons. The molecule has 2 aliphatic rings. The number of benzene rings is 1. The molecule has 3 heterocycles. The van der Waals surface area contributed by atoms with Gasteiger partial charge in [-0.1, -0.05) is 17.7 Å². The van der Waals surface area contributed by atoms with E-state index < -0.39 is 13.0 Å². The van der Waals surface area contributed by atoms with E-state index in [2.05, 4.69) is 16.5 Å². The average Bonchev–Trinajstić information content (AvgIpc) is 3.12. The van der Waals surface area contributed by atoms with Crippen LogP contribution in [-0.4, -0.2) is 41.0 Å². The van der Waals surface area contributed by atoms with Gasteiger partial charge in [-0.05, 0) is 24.5 Å². The number of nitriles is 1. The van der Waals surface area contributed by atoms with Crippen molar-refractivity contribution in [3.05, 3.63) is 40.5 Å². The molecule has 0 saturated carbocycles. The Hall–Kier alpha value is -3.00. The number of rotatable bonds is 4. The van der Waals surface area contributed by atoms with Crippen LogP contribution in [0.15, 0.2) is 24.3 Å². The fraction of sp³-hybridized carbons (Fsp3) is 0.278. The van der Waals surface area contributed by atoms with Crippen LogP contribution in [0.25, 0.3) is 6.08 Å². The SMILES string of the molecule is N#CC1CCOCC1n1cc(C(N)=O)c(Nc2cc(Cl)c3c(c2)C=CB(O)O3)n1. The van der Waals surface area contributed by atoms with E-state index in [-0.39, 0.29) is 23.3 Å². The second-order valence-corrected chi connectivity index (χ2v) is 7.18. The molecule has 2 unspecified atom stereocenters. The van der Waals surface area contributed by atoms with E-state index in [0.717, 1.165) is 0 Å². The van der Waals surface area contributed by atoms with E-state index >= 15 is 0 Å². The van der Waals surface area contributed by atoms with Crippen molar-refractivity contribution in [3.63, 3.8) is 0 Å². The second kappa shape index (κ2) is 7.79. The molecule has 1 saturated heterocycles. The Morgan fingerprint density at radius 3 is 3.10 bits per heavy atom. The Kier molecular flexibility index (Phi) is 5.19. The molecule has 2 atom stereocenters. The van der Waals surface area contributed by atoms with Gasteiger partial charge in [-0.15, -0.1) is 0 Å². The largest absolute Gasteiger partial charge is 0.552 e. The number of nitrogens with one attached hydrogen (secondary N) is 1. The fourth-order valence-electron chi connectivity index (χ4n) is 3.39. The lowest BCUT2D eigenvalue weighted by Crippen LogP contribution is -2.29. The van der Waals surface area contributed by atoms with Crippen molar-refractivity contribution < 1.29 is 19.2 Å². The zero-order chi connectivity index (χ0) is 20.5. The van der Waals surface area contributed by atoms with Crippen molar-refractivity contribution in [2.24, 2.45) is 11.7 Å². The maximum absolute atomic E-state index is 11.9. The smallest absolute Gasteiger partial charge is 0.531 e. The van der Waals surface area contributed by atoms with Gasteiger partial charge in [0.15, 0.2) is 5.82 Å². The van der Waals surface area contributed by atoms with E-state index in [4.69, 9.17) is 26.7 Å². The minimum absolute atomic E-state index is 0.184.